The van der Waals surface area contributed by atoms with Crippen molar-refractivity contribution < 1.29 is 5.11 Å². The summed E-state index contributed by atoms with van der Waals surface area (Å²) >= 11 is 12.1. The number of nitrogens with zero attached hydrogens (tertiary/aromatic N) is 1. The molecule has 0 unspecified atom stereocenters. The van der Waals surface area contributed by atoms with E-state index in [1.807, 2.05) is 13.0 Å². The Morgan fingerprint density at radius 1 is 1.05 bits per heavy atom. The minimum atomic E-state index is -0.520. The van der Waals surface area contributed by atoms with Crippen LogP contribution in [0.5, 0.6) is 0 Å². The maximum absolute atomic E-state index is 10.5. The van der Waals surface area contributed by atoms with E-state index in [4.69, 9.17) is 23.2 Å². The fraction of sp³-hybridized carbons (Fsp3) is 0.647. The monoisotopic (exact) mass is 331 g/mol. The Labute approximate surface area is 139 Å². The second-order valence-corrected chi connectivity index (χ2v) is 6.46. The summed E-state index contributed by atoms with van der Waals surface area (Å²) in [7, 11) is 0. The Morgan fingerprint density at radius 2 is 1.57 bits per heavy atom. The first-order valence-electron chi connectivity index (χ1n) is 7.85. The van der Waals surface area contributed by atoms with Gasteiger partial charge in [-0.1, -0.05) is 49.9 Å². The molecule has 0 aromatic heterocycles. The van der Waals surface area contributed by atoms with Crippen LogP contribution in [0, 0.1) is 6.92 Å². The smallest absolute Gasteiger partial charge is 0.0920 e. The van der Waals surface area contributed by atoms with E-state index in [-0.39, 0.29) is 0 Å². The summed E-state index contributed by atoms with van der Waals surface area (Å²) in [5, 5.41) is 11.6. The molecule has 0 spiro atoms. The lowest BCUT2D eigenvalue weighted by Gasteiger charge is -2.26. The summed E-state index contributed by atoms with van der Waals surface area (Å²) in [5.41, 5.74) is 1.87. The topological polar surface area (TPSA) is 23.5 Å². The zero-order valence-corrected chi connectivity index (χ0v) is 14.8. The Kier molecular flexibility index (Phi) is 8.65. The highest BCUT2D eigenvalue weighted by Crippen LogP contribution is 2.29. The molecule has 0 amide bonds. The highest BCUT2D eigenvalue weighted by Gasteiger charge is 2.16. The molecule has 0 saturated heterocycles. The van der Waals surface area contributed by atoms with Crippen LogP contribution in [0.4, 0.5) is 0 Å². The van der Waals surface area contributed by atoms with Crippen LogP contribution >= 0.6 is 23.2 Å². The molecule has 21 heavy (non-hydrogen) atoms. The highest BCUT2D eigenvalue weighted by molar-refractivity contribution is 6.42. The zero-order valence-electron chi connectivity index (χ0n) is 13.3. The van der Waals surface area contributed by atoms with Crippen molar-refractivity contribution in [2.45, 2.75) is 52.6 Å². The number of hydrogen-bond donors (Lipinski definition) is 1. The molecule has 0 aliphatic carbocycles. The van der Waals surface area contributed by atoms with E-state index in [2.05, 4.69) is 18.7 Å². The van der Waals surface area contributed by atoms with Gasteiger partial charge in [-0.25, -0.2) is 0 Å². The molecule has 0 aliphatic rings. The molecule has 1 aromatic rings. The van der Waals surface area contributed by atoms with Gasteiger partial charge in [0.25, 0.3) is 0 Å². The average Bonchev–Trinajstić information content (AvgIpc) is 2.45. The molecular formula is C17H27Cl2NO. The van der Waals surface area contributed by atoms with Crippen molar-refractivity contribution in [3.8, 4) is 0 Å². The SMILES string of the molecule is CCCCN(CCCC)C[C@@H](O)c1cc(Cl)c(Cl)cc1C. The van der Waals surface area contributed by atoms with Crippen molar-refractivity contribution >= 4 is 23.2 Å². The van der Waals surface area contributed by atoms with E-state index >= 15 is 0 Å². The van der Waals surface area contributed by atoms with Crippen molar-refractivity contribution in [2.75, 3.05) is 19.6 Å². The van der Waals surface area contributed by atoms with Crippen LogP contribution < -0.4 is 0 Å². The first-order chi connectivity index (χ1) is 9.99. The molecule has 2 nitrogen and oxygen atoms in total. The number of unbranched alkanes of at least 4 members (excludes halogenated alkanes) is 2. The summed E-state index contributed by atoms with van der Waals surface area (Å²) in [6.45, 7) is 9.07. The first-order valence-corrected chi connectivity index (χ1v) is 8.61. The number of aryl methyl sites for hydroxylation is 1. The number of hydrogen-bond acceptors (Lipinski definition) is 2. The Balaban J connectivity index is 2.75. The molecule has 0 radical (unpaired) electrons. The van der Waals surface area contributed by atoms with Crippen LogP contribution in [-0.4, -0.2) is 29.6 Å². The maximum Gasteiger partial charge on any atom is 0.0920 e. The van der Waals surface area contributed by atoms with Crippen molar-refractivity contribution in [3.05, 3.63) is 33.3 Å². The lowest BCUT2D eigenvalue weighted by Crippen LogP contribution is -2.31. The summed E-state index contributed by atoms with van der Waals surface area (Å²) in [6.07, 6.45) is 4.15. The van der Waals surface area contributed by atoms with Gasteiger partial charge in [-0.2, -0.15) is 0 Å². The first kappa shape index (κ1) is 18.8. The van der Waals surface area contributed by atoms with Gasteiger partial charge in [0.15, 0.2) is 0 Å². The fourth-order valence-electron chi connectivity index (χ4n) is 2.42. The standard InChI is InChI=1S/C17H27Cl2NO/c1-4-6-8-20(9-7-5-2)12-17(21)14-11-16(19)15(18)10-13(14)3/h10-11,17,21H,4-9,12H2,1-3H3/t17-/m1/s1. The predicted molar refractivity (Wildman–Crippen MR) is 92.4 cm³/mol. The normalized spacial score (nSPS) is 12.9. The van der Waals surface area contributed by atoms with Gasteiger partial charge in [0, 0.05) is 6.54 Å². The number of halogens is 2. The molecule has 0 fully saturated rings. The minimum absolute atomic E-state index is 0.505. The van der Waals surface area contributed by atoms with Crippen LogP contribution in [0.2, 0.25) is 10.0 Å². The molecule has 0 saturated carbocycles. The number of aliphatic hydroxyl groups excluding tert-OH is 1. The fourth-order valence-corrected chi connectivity index (χ4v) is 2.81. The van der Waals surface area contributed by atoms with Gasteiger partial charge < -0.3 is 10.0 Å². The van der Waals surface area contributed by atoms with Crippen molar-refractivity contribution in [1.29, 1.82) is 0 Å². The van der Waals surface area contributed by atoms with Crippen LogP contribution in [0.1, 0.15) is 56.8 Å². The third kappa shape index (κ3) is 6.15. The minimum Gasteiger partial charge on any atom is -0.387 e. The van der Waals surface area contributed by atoms with E-state index < -0.39 is 6.10 Å². The van der Waals surface area contributed by atoms with Gasteiger partial charge in [-0.15, -0.1) is 0 Å². The highest BCUT2D eigenvalue weighted by atomic mass is 35.5. The molecule has 0 aliphatic heterocycles. The number of aliphatic hydroxyl groups is 1. The second-order valence-electron chi connectivity index (χ2n) is 5.65. The van der Waals surface area contributed by atoms with Crippen molar-refractivity contribution in [1.82, 2.24) is 4.90 Å². The lowest BCUT2D eigenvalue weighted by molar-refractivity contribution is 0.110. The van der Waals surface area contributed by atoms with Gasteiger partial charge in [0.05, 0.1) is 16.1 Å². The average molecular weight is 332 g/mol. The van der Waals surface area contributed by atoms with Crippen molar-refractivity contribution in [2.24, 2.45) is 0 Å². The lowest BCUT2D eigenvalue weighted by atomic mass is 10.0. The Bertz CT molecular complexity index is 429. The molecule has 0 heterocycles. The molecule has 120 valence electrons. The van der Waals surface area contributed by atoms with E-state index in [0.717, 1.165) is 37.1 Å². The van der Waals surface area contributed by atoms with Gasteiger partial charge in [-0.05, 0) is 56.1 Å². The van der Waals surface area contributed by atoms with Crippen LogP contribution in [0.25, 0.3) is 0 Å². The molecule has 1 aromatic carbocycles. The molecule has 0 bridgehead atoms. The third-order valence-electron chi connectivity index (χ3n) is 3.75. The summed E-state index contributed by atoms with van der Waals surface area (Å²) in [6, 6.07) is 3.62. The van der Waals surface area contributed by atoms with Gasteiger partial charge in [0.1, 0.15) is 0 Å². The molecule has 4 heteroatoms. The zero-order chi connectivity index (χ0) is 15.8. The summed E-state index contributed by atoms with van der Waals surface area (Å²) < 4.78 is 0. The quantitative estimate of drug-likeness (QED) is 0.669. The van der Waals surface area contributed by atoms with E-state index in [9.17, 15) is 5.11 Å². The molecular weight excluding hydrogens is 305 g/mol. The Morgan fingerprint density at radius 3 is 2.10 bits per heavy atom. The van der Waals surface area contributed by atoms with Crippen LogP contribution in [0.3, 0.4) is 0 Å². The van der Waals surface area contributed by atoms with E-state index in [0.29, 0.717) is 16.6 Å². The molecule has 1 atom stereocenters. The number of rotatable bonds is 9. The van der Waals surface area contributed by atoms with Gasteiger partial charge in [0.2, 0.25) is 0 Å². The van der Waals surface area contributed by atoms with Gasteiger partial charge in [-0.3, -0.25) is 0 Å². The van der Waals surface area contributed by atoms with Crippen LogP contribution in [0.15, 0.2) is 12.1 Å². The Hall–Kier alpha value is -0.280. The van der Waals surface area contributed by atoms with Gasteiger partial charge >= 0.3 is 0 Å². The van der Waals surface area contributed by atoms with Crippen molar-refractivity contribution in [3.63, 3.8) is 0 Å². The third-order valence-corrected chi connectivity index (χ3v) is 4.48. The second kappa shape index (κ2) is 9.68. The van der Waals surface area contributed by atoms with Crippen LogP contribution in [-0.2, 0) is 0 Å². The predicted octanol–water partition coefficient (Wildman–Crippen LogP) is 5.24. The van der Waals surface area contributed by atoms with E-state index in [1.54, 1.807) is 6.07 Å². The molecule has 1 N–H and O–H groups in total. The number of benzene rings is 1. The molecule has 1 rings (SSSR count). The largest absolute Gasteiger partial charge is 0.387 e. The maximum atomic E-state index is 10.5. The van der Waals surface area contributed by atoms with E-state index in [1.165, 1.54) is 12.8 Å². The summed E-state index contributed by atoms with van der Waals surface area (Å²) in [5.74, 6) is 0. The summed E-state index contributed by atoms with van der Waals surface area (Å²) in [4.78, 5) is 2.35.